The Balaban J connectivity index is 2.51. The second-order valence-corrected chi connectivity index (χ2v) is 6.17. The third-order valence-corrected chi connectivity index (χ3v) is 4.07. The van der Waals surface area contributed by atoms with Gasteiger partial charge < -0.3 is 10.6 Å². The number of sulfonamides is 1. The standard InChI is InChI=1S/C13H22N4O3S/c1-3-8-15-13(18)7-9-17-21(19,20)11-5-6-12(14-4-2)16-10-11/h5-6,10,17H,3-4,7-9H2,1-2H3,(H,14,16)(H,15,18). The van der Waals surface area contributed by atoms with Crippen LogP contribution in [0.4, 0.5) is 5.82 Å². The molecule has 1 aromatic heterocycles. The summed E-state index contributed by atoms with van der Waals surface area (Å²) in [6, 6.07) is 3.08. The number of nitrogens with one attached hydrogen (secondary N) is 3. The summed E-state index contributed by atoms with van der Waals surface area (Å²) in [5.41, 5.74) is 0. The molecule has 0 spiro atoms. The predicted molar refractivity (Wildman–Crippen MR) is 81.5 cm³/mol. The van der Waals surface area contributed by atoms with Crippen molar-refractivity contribution in [2.45, 2.75) is 31.6 Å². The largest absolute Gasteiger partial charge is 0.370 e. The van der Waals surface area contributed by atoms with E-state index in [0.29, 0.717) is 18.9 Å². The van der Waals surface area contributed by atoms with E-state index >= 15 is 0 Å². The van der Waals surface area contributed by atoms with Crippen LogP contribution in [-0.4, -0.2) is 38.9 Å². The van der Waals surface area contributed by atoms with E-state index in [9.17, 15) is 13.2 Å². The molecule has 21 heavy (non-hydrogen) atoms. The number of carbonyl (C=O) groups excluding carboxylic acids is 1. The Morgan fingerprint density at radius 1 is 1.24 bits per heavy atom. The highest BCUT2D eigenvalue weighted by Gasteiger charge is 2.14. The van der Waals surface area contributed by atoms with Crippen LogP contribution in [0.1, 0.15) is 26.7 Å². The minimum Gasteiger partial charge on any atom is -0.370 e. The molecule has 118 valence electrons. The lowest BCUT2D eigenvalue weighted by Crippen LogP contribution is -2.31. The quantitative estimate of drug-likeness (QED) is 0.623. The van der Waals surface area contributed by atoms with Crippen molar-refractivity contribution in [3.63, 3.8) is 0 Å². The van der Waals surface area contributed by atoms with Gasteiger partial charge in [-0.15, -0.1) is 0 Å². The average Bonchev–Trinajstić information content (AvgIpc) is 2.46. The third-order valence-electron chi connectivity index (χ3n) is 2.62. The molecule has 3 N–H and O–H groups in total. The van der Waals surface area contributed by atoms with E-state index in [0.717, 1.165) is 6.42 Å². The molecule has 1 rings (SSSR count). The summed E-state index contributed by atoms with van der Waals surface area (Å²) in [4.78, 5) is 15.5. The Morgan fingerprint density at radius 2 is 2.00 bits per heavy atom. The predicted octanol–water partition coefficient (Wildman–Crippen LogP) is 0.708. The van der Waals surface area contributed by atoms with Gasteiger partial charge in [0.25, 0.3) is 0 Å². The van der Waals surface area contributed by atoms with E-state index in [4.69, 9.17) is 0 Å². The second-order valence-electron chi connectivity index (χ2n) is 4.41. The molecular formula is C13H22N4O3S. The normalized spacial score (nSPS) is 11.1. The van der Waals surface area contributed by atoms with E-state index in [1.54, 1.807) is 6.07 Å². The first-order valence-corrected chi connectivity index (χ1v) is 8.44. The molecule has 0 fully saturated rings. The number of hydrogen-bond acceptors (Lipinski definition) is 5. The van der Waals surface area contributed by atoms with E-state index in [1.165, 1.54) is 12.3 Å². The van der Waals surface area contributed by atoms with E-state index in [2.05, 4.69) is 20.3 Å². The van der Waals surface area contributed by atoms with Crippen LogP contribution in [0.25, 0.3) is 0 Å². The first-order valence-electron chi connectivity index (χ1n) is 6.96. The van der Waals surface area contributed by atoms with Crippen LogP contribution in [-0.2, 0) is 14.8 Å². The van der Waals surface area contributed by atoms with Crippen molar-refractivity contribution < 1.29 is 13.2 Å². The van der Waals surface area contributed by atoms with Gasteiger partial charge in [0.1, 0.15) is 10.7 Å². The number of pyridine rings is 1. The third kappa shape index (κ3) is 6.09. The van der Waals surface area contributed by atoms with Crippen molar-refractivity contribution in [2.24, 2.45) is 0 Å². The summed E-state index contributed by atoms with van der Waals surface area (Å²) in [5.74, 6) is 0.454. The van der Waals surface area contributed by atoms with Crippen molar-refractivity contribution >= 4 is 21.7 Å². The van der Waals surface area contributed by atoms with Crippen molar-refractivity contribution in [3.05, 3.63) is 18.3 Å². The first-order chi connectivity index (χ1) is 9.99. The van der Waals surface area contributed by atoms with Crippen molar-refractivity contribution in [2.75, 3.05) is 25.0 Å². The lowest BCUT2D eigenvalue weighted by atomic mass is 10.4. The maximum Gasteiger partial charge on any atom is 0.242 e. The van der Waals surface area contributed by atoms with Crippen LogP contribution in [0, 0.1) is 0 Å². The molecule has 0 unspecified atom stereocenters. The lowest BCUT2D eigenvalue weighted by molar-refractivity contribution is -0.120. The van der Waals surface area contributed by atoms with Gasteiger partial charge in [-0.2, -0.15) is 0 Å². The number of aromatic nitrogens is 1. The van der Waals surface area contributed by atoms with Gasteiger partial charge in [-0.25, -0.2) is 18.1 Å². The highest BCUT2D eigenvalue weighted by Crippen LogP contribution is 2.10. The average molecular weight is 314 g/mol. The van der Waals surface area contributed by atoms with Gasteiger partial charge in [-0.3, -0.25) is 4.79 Å². The Morgan fingerprint density at radius 3 is 2.57 bits per heavy atom. The van der Waals surface area contributed by atoms with Gasteiger partial charge in [-0.1, -0.05) is 6.92 Å². The van der Waals surface area contributed by atoms with Crippen molar-refractivity contribution in [1.29, 1.82) is 0 Å². The fourth-order valence-corrected chi connectivity index (χ4v) is 2.54. The zero-order valence-corrected chi connectivity index (χ0v) is 13.2. The number of carbonyl (C=O) groups is 1. The van der Waals surface area contributed by atoms with Crippen LogP contribution in [0.5, 0.6) is 0 Å². The Bertz CT molecular complexity index is 543. The van der Waals surface area contributed by atoms with Crippen LogP contribution < -0.4 is 15.4 Å². The van der Waals surface area contributed by atoms with E-state index in [-0.39, 0.29) is 23.8 Å². The second kappa shape index (κ2) is 8.58. The number of anilines is 1. The van der Waals surface area contributed by atoms with Crippen LogP contribution in [0.15, 0.2) is 23.2 Å². The molecule has 0 aliphatic heterocycles. The molecule has 0 aliphatic rings. The maximum atomic E-state index is 12.0. The topological polar surface area (TPSA) is 100 Å². The molecule has 0 radical (unpaired) electrons. The van der Waals surface area contributed by atoms with Crippen LogP contribution >= 0.6 is 0 Å². The summed E-state index contributed by atoms with van der Waals surface area (Å²) >= 11 is 0. The number of amides is 1. The zero-order valence-electron chi connectivity index (χ0n) is 12.3. The number of hydrogen-bond donors (Lipinski definition) is 3. The molecule has 0 aliphatic carbocycles. The minimum atomic E-state index is -3.63. The highest BCUT2D eigenvalue weighted by molar-refractivity contribution is 7.89. The number of rotatable bonds is 9. The smallest absolute Gasteiger partial charge is 0.242 e. The number of nitrogens with zero attached hydrogens (tertiary/aromatic N) is 1. The minimum absolute atomic E-state index is 0.0623. The van der Waals surface area contributed by atoms with Gasteiger partial charge in [0.2, 0.25) is 15.9 Å². The molecule has 1 aromatic rings. The van der Waals surface area contributed by atoms with Gasteiger partial charge in [-0.05, 0) is 25.5 Å². The molecular weight excluding hydrogens is 292 g/mol. The molecule has 7 nitrogen and oxygen atoms in total. The fraction of sp³-hybridized carbons (Fsp3) is 0.538. The molecule has 0 aromatic carbocycles. The molecule has 0 bridgehead atoms. The molecule has 1 heterocycles. The van der Waals surface area contributed by atoms with E-state index in [1.807, 2.05) is 13.8 Å². The van der Waals surface area contributed by atoms with Gasteiger partial charge in [0, 0.05) is 32.3 Å². The Hall–Kier alpha value is -1.67. The van der Waals surface area contributed by atoms with Crippen molar-refractivity contribution in [3.8, 4) is 0 Å². The van der Waals surface area contributed by atoms with Gasteiger partial charge in [0.15, 0.2) is 0 Å². The molecule has 0 atom stereocenters. The summed E-state index contributed by atoms with van der Waals surface area (Å²) in [6.45, 7) is 5.25. The maximum absolute atomic E-state index is 12.0. The molecule has 1 amide bonds. The van der Waals surface area contributed by atoms with Gasteiger partial charge >= 0.3 is 0 Å². The van der Waals surface area contributed by atoms with E-state index < -0.39 is 10.0 Å². The van der Waals surface area contributed by atoms with Gasteiger partial charge in [0.05, 0.1) is 0 Å². The van der Waals surface area contributed by atoms with Crippen LogP contribution in [0.2, 0.25) is 0 Å². The van der Waals surface area contributed by atoms with Crippen LogP contribution in [0.3, 0.4) is 0 Å². The summed E-state index contributed by atoms with van der Waals surface area (Å²) in [6.07, 6.45) is 2.25. The molecule has 0 saturated carbocycles. The monoisotopic (exact) mass is 314 g/mol. The zero-order chi connectivity index (χ0) is 15.7. The van der Waals surface area contributed by atoms with Crippen molar-refractivity contribution in [1.82, 2.24) is 15.0 Å². The molecule has 0 saturated heterocycles. The summed E-state index contributed by atoms with van der Waals surface area (Å²) in [5, 5.41) is 5.67. The summed E-state index contributed by atoms with van der Waals surface area (Å²) < 4.78 is 26.4. The Labute approximate surface area is 125 Å². The highest BCUT2D eigenvalue weighted by atomic mass is 32.2. The fourth-order valence-electron chi connectivity index (χ4n) is 1.56. The first kappa shape index (κ1) is 17.4. The Kier molecular flexibility index (Phi) is 7.10. The lowest BCUT2D eigenvalue weighted by Gasteiger charge is -2.08. The summed E-state index contributed by atoms with van der Waals surface area (Å²) in [7, 11) is -3.63. The SMILES string of the molecule is CCCNC(=O)CCNS(=O)(=O)c1ccc(NCC)nc1. The molecule has 8 heteroatoms.